The lowest BCUT2D eigenvalue weighted by atomic mass is 9.75. The third-order valence-corrected chi connectivity index (χ3v) is 7.13. The van der Waals surface area contributed by atoms with Gasteiger partial charge in [0.15, 0.2) is 0 Å². The summed E-state index contributed by atoms with van der Waals surface area (Å²) in [5.41, 5.74) is 4.32. The van der Waals surface area contributed by atoms with Gasteiger partial charge in [0.2, 0.25) is 5.91 Å². The molecule has 188 valence electrons. The molecule has 0 saturated heterocycles. The summed E-state index contributed by atoms with van der Waals surface area (Å²) in [6.45, 7) is 4.05. The molecule has 6 nitrogen and oxygen atoms in total. The van der Waals surface area contributed by atoms with Crippen LogP contribution in [0, 0.1) is 5.41 Å². The number of amides is 1. The van der Waals surface area contributed by atoms with Crippen LogP contribution >= 0.6 is 0 Å². The summed E-state index contributed by atoms with van der Waals surface area (Å²) >= 11 is 0. The molecule has 0 spiro atoms. The van der Waals surface area contributed by atoms with E-state index in [0.29, 0.717) is 0 Å². The predicted molar refractivity (Wildman–Crippen MR) is 145 cm³/mol. The Hall–Kier alpha value is -3.67. The number of allylic oxidation sites excluding steroid dienone is 1. The topological polar surface area (TPSA) is 91.3 Å². The second-order valence-electron chi connectivity index (χ2n) is 9.91. The molecule has 1 saturated carbocycles. The molecule has 1 fully saturated rings. The van der Waals surface area contributed by atoms with Crippen LogP contribution in [0.4, 0.5) is 5.69 Å². The molecule has 1 atom stereocenters. The fourth-order valence-corrected chi connectivity index (χ4v) is 4.97. The van der Waals surface area contributed by atoms with Gasteiger partial charge in [-0.1, -0.05) is 69.5 Å². The number of nitrogens with one attached hydrogen (secondary N) is 2. The largest absolute Gasteiger partial charge is 0.480 e. The van der Waals surface area contributed by atoms with Gasteiger partial charge in [0.25, 0.3) is 0 Å². The fraction of sp³-hybridized carbons (Fsp3) is 0.367. The van der Waals surface area contributed by atoms with Gasteiger partial charge in [-0.25, -0.2) is 4.79 Å². The van der Waals surface area contributed by atoms with E-state index in [4.69, 9.17) is 0 Å². The minimum atomic E-state index is -1.01. The maximum Gasteiger partial charge on any atom is 0.326 e. The average molecular weight is 486 g/mol. The number of aromatic nitrogens is 1. The van der Waals surface area contributed by atoms with Gasteiger partial charge in [-0.05, 0) is 49.1 Å². The van der Waals surface area contributed by atoms with Crippen LogP contribution in [0.25, 0.3) is 16.6 Å². The number of anilines is 1. The quantitative estimate of drug-likeness (QED) is 0.337. The van der Waals surface area contributed by atoms with Crippen molar-refractivity contribution in [1.29, 1.82) is 0 Å². The molecule has 1 aromatic heterocycles. The molecule has 3 aromatic rings. The van der Waals surface area contributed by atoms with E-state index < -0.39 is 17.4 Å². The number of carbonyl (C=O) groups is 2. The highest BCUT2D eigenvalue weighted by Gasteiger charge is 2.36. The summed E-state index contributed by atoms with van der Waals surface area (Å²) in [7, 11) is 0. The maximum absolute atomic E-state index is 12.9. The molecule has 1 amide bonds. The van der Waals surface area contributed by atoms with Crippen LogP contribution in [-0.4, -0.2) is 28.0 Å². The number of rotatable bonds is 9. The number of hydrogen-bond acceptors (Lipinski definition) is 4. The lowest BCUT2D eigenvalue weighted by molar-refractivity contribution is -0.144. The molecule has 2 aromatic carbocycles. The smallest absolute Gasteiger partial charge is 0.326 e. The fourth-order valence-electron chi connectivity index (χ4n) is 4.97. The monoisotopic (exact) mass is 485 g/mol. The lowest BCUT2D eigenvalue weighted by Crippen LogP contribution is -2.49. The minimum Gasteiger partial charge on any atom is -0.480 e. The van der Waals surface area contributed by atoms with Gasteiger partial charge >= 0.3 is 5.97 Å². The molecule has 1 heterocycles. The summed E-state index contributed by atoms with van der Waals surface area (Å²) in [5, 5.41) is 17.2. The molecule has 3 N–H and O–H groups in total. The molecule has 1 aliphatic carbocycles. The Morgan fingerprint density at radius 3 is 2.47 bits per heavy atom. The van der Waals surface area contributed by atoms with Gasteiger partial charge in [0.05, 0.1) is 5.52 Å². The van der Waals surface area contributed by atoms with Crippen molar-refractivity contribution in [1.82, 2.24) is 10.3 Å². The number of nitrogens with zero attached hydrogens (tertiary/aromatic N) is 1. The lowest BCUT2D eigenvalue weighted by Gasteiger charge is -2.33. The molecule has 0 bridgehead atoms. The number of aliphatic carboxylic acids is 1. The average Bonchev–Trinajstić information content (AvgIpc) is 2.89. The molecule has 4 rings (SSSR count). The number of fused-ring (bicyclic) bond motifs is 1. The Kier molecular flexibility index (Phi) is 8.04. The first kappa shape index (κ1) is 25.4. The van der Waals surface area contributed by atoms with Crippen molar-refractivity contribution in [3.8, 4) is 0 Å². The number of hydrogen-bond donors (Lipinski definition) is 3. The van der Waals surface area contributed by atoms with Crippen molar-refractivity contribution in [2.45, 2.75) is 64.8 Å². The zero-order valence-electron chi connectivity index (χ0n) is 21.1. The molecular formula is C30H35N3O3. The first-order chi connectivity index (χ1) is 17.4. The Morgan fingerprint density at radius 2 is 1.78 bits per heavy atom. The Bertz CT molecular complexity index is 1240. The molecule has 0 aliphatic heterocycles. The predicted octanol–water partition coefficient (Wildman–Crippen LogP) is 6.18. The standard InChI is InChI=1S/C30H35N3O3/c1-3-9-26(24-16-19-31-25-11-6-5-10-23(24)25)32-22-14-12-21(13-15-22)20-27(28(34)35)33-29(36)30(2)17-7-4-8-18-30/h5-6,9-16,19,27,32H,3-4,7-8,17-18,20H2,1-2H3,(H,33,36)(H,34,35)/b26-9+. The second kappa shape index (κ2) is 11.4. The molecule has 0 radical (unpaired) electrons. The number of carboxylic acids is 1. The Morgan fingerprint density at radius 1 is 1.06 bits per heavy atom. The first-order valence-electron chi connectivity index (χ1n) is 12.8. The summed E-state index contributed by atoms with van der Waals surface area (Å²) in [6.07, 6.45) is 9.87. The van der Waals surface area contributed by atoms with E-state index in [1.165, 1.54) is 0 Å². The van der Waals surface area contributed by atoms with Crippen LogP contribution in [0.2, 0.25) is 0 Å². The van der Waals surface area contributed by atoms with Gasteiger partial charge < -0.3 is 15.7 Å². The summed E-state index contributed by atoms with van der Waals surface area (Å²) < 4.78 is 0. The molecule has 1 unspecified atom stereocenters. The summed E-state index contributed by atoms with van der Waals surface area (Å²) in [4.78, 5) is 29.3. The second-order valence-corrected chi connectivity index (χ2v) is 9.91. The highest BCUT2D eigenvalue weighted by atomic mass is 16.4. The maximum atomic E-state index is 12.9. The van der Waals surface area contributed by atoms with E-state index in [1.54, 1.807) is 0 Å². The van der Waals surface area contributed by atoms with Crippen molar-refractivity contribution in [3.05, 3.63) is 78.0 Å². The number of benzene rings is 2. The van der Waals surface area contributed by atoms with Crippen molar-refractivity contribution >= 4 is 34.2 Å². The highest BCUT2D eigenvalue weighted by molar-refractivity contribution is 5.94. The summed E-state index contributed by atoms with van der Waals surface area (Å²) in [6, 6.07) is 16.9. The van der Waals surface area contributed by atoms with Crippen LogP contribution < -0.4 is 10.6 Å². The van der Waals surface area contributed by atoms with Crippen molar-refractivity contribution in [2.24, 2.45) is 5.41 Å². The molecule has 1 aliphatic rings. The van der Waals surface area contributed by atoms with Crippen LogP contribution in [0.3, 0.4) is 0 Å². The van der Waals surface area contributed by atoms with Crippen LogP contribution in [0.5, 0.6) is 0 Å². The Balaban J connectivity index is 1.46. The summed E-state index contributed by atoms with van der Waals surface area (Å²) in [5.74, 6) is -1.16. The number of para-hydroxylation sites is 1. The number of pyridine rings is 1. The normalized spacial score (nSPS) is 16.3. The zero-order chi connectivity index (χ0) is 25.5. The number of carboxylic acid groups (broad SMARTS) is 1. The first-order valence-corrected chi connectivity index (χ1v) is 12.8. The van der Waals surface area contributed by atoms with Crippen molar-refractivity contribution in [3.63, 3.8) is 0 Å². The van der Waals surface area contributed by atoms with E-state index >= 15 is 0 Å². The number of carbonyl (C=O) groups excluding carboxylic acids is 1. The molecular weight excluding hydrogens is 450 g/mol. The van der Waals surface area contributed by atoms with E-state index in [-0.39, 0.29) is 12.3 Å². The van der Waals surface area contributed by atoms with Crippen LogP contribution in [0.15, 0.2) is 66.9 Å². The molecule has 36 heavy (non-hydrogen) atoms. The van der Waals surface area contributed by atoms with E-state index in [2.05, 4.69) is 34.7 Å². The van der Waals surface area contributed by atoms with Gasteiger partial charge in [0, 0.05) is 40.4 Å². The van der Waals surface area contributed by atoms with Crippen LogP contribution in [0.1, 0.15) is 63.5 Å². The van der Waals surface area contributed by atoms with E-state index in [1.807, 2.05) is 61.7 Å². The minimum absolute atomic E-state index is 0.146. The van der Waals surface area contributed by atoms with Crippen LogP contribution in [-0.2, 0) is 16.0 Å². The zero-order valence-corrected chi connectivity index (χ0v) is 21.1. The highest BCUT2D eigenvalue weighted by Crippen LogP contribution is 2.36. The van der Waals surface area contributed by atoms with Crippen molar-refractivity contribution < 1.29 is 14.7 Å². The van der Waals surface area contributed by atoms with Gasteiger partial charge in [-0.3, -0.25) is 9.78 Å². The van der Waals surface area contributed by atoms with E-state index in [0.717, 1.165) is 71.9 Å². The Labute approximate surface area is 212 Å². The molecule has 6 heteroatoms. The van der Waals surface area contributed by atoms with Gasteiger partial charge in [-0.15, -0.1) is 0 Å². The van der Waals surface area contributed by atoms with E-state index in [9.17, 15) is 14.7 Å². The SMILES string of the molecule is CC/C=C(/Nc1ccc(CC(NC(=O)C2(C)CCCCC2)C(=O)O)cc1)c1ccnc2ccccc12. The van der Waals surface area contributed by atoms with Crippen molar-refractivity contribution in [2.75, 3.05) is 5.32 Å². The van der Waals surface area contributed by atoms with Gasteiger partial charge in [0.1, 0.15) is 6.04 Å². The van der Waals surface area contributed by atoms with Gasteiger partial charge in [-0.2, -0.15) is 0 Å². The third-order valence-electron chi connectivity index (χ3n) is 7.13. The third kappa shape index (κ3) is 5.93.